The van der Waals surface area contributed by atoms with E-state index in [-0.39, 0.29) is 5.91 Å². The molecule has 0 spiro atoms. The lowest BCUT2D eigenvalue weighted by Crippen LogP contribution is -2.14. The molecule has 0 saturated heterocycles. The maximum atomic E-state index is 12.0. The molecule has 0 atom stereocenters. The van der Waals surface area contributed by atoms with E-state index in [0.717, 1.165) is 11.3 Å². The molecular weight excluding hydrogens is 218 g/mol. The van der Waals surface area contributed by atoms with Gasteiger partial charge >= 0.3 is 0 Å². The number of carbonyl (C=O) groups excluding carboxylic acids is 1. The number of nitrogens with zero attached hydrogens (tertiary/aromatic N) is 2. The molecule has 2 aromatic rings. The minimum absolute atomic E-state index is 0.207. The van der Waals surface area contributed by atoms with Gasteiger partial charge in [-0.15, -0.1) is 0 Å². The lowest BCUT2D eigenvalue weighted by molar-refractivity contribution is 0.102. The monoisotopic (exact) mass is 231 g/mol. The SMILES string of the molecule is Cc1cc(NC(=O)c2ccnc(C)c2C)no1. The topological polar surface area (TPSA) is 68.0 Å². The normalized spacial score (nSPS) is 10.3. The predicted octanol–water partition coefficient (Wildman–Crippen LogP) is 2.25. The number of pyridine rings is 1. The summed E-state index contributed by atoms with van der Waals surface area (Å²) in [6.07, 6.45) is 1.62. The average molecular weight is 231 g/mol. The molecule has 1 amide bonds. The summed E-state index contributed by atoms with van der Waals surface area (Å²) in [6, 6.07) is 3.35. The first kappa shape index (κ1) is 11.3. The van der Waals surface area contributed by atoms with Crippen molar-refractivity contribution in [3.63, 3.8) is 0 Å². The molecule has 0 fully saturated rings. The van der Waals surface area contributed by atoms with Gasteiger partial charge in [0.2, 0.25) is 0 Å². The van der Waals surface area contributed by atoms with E-state index >= 15 is 0 Å². The second-order valence-corrected chi connectivity index (χ2v) is 3.85. The molecule has 0 saturated carbocycles. The molecule has 0 aliphatic heterocycles. The first-order chi connectivity index (χ1) is 8.08. The number of nitrogens with one attached hydrogen (secondary N) is 1. The van der Waals surface area contributed by atoms with Gasteiger partial charge in [0.1, 0.15) is 5.76 Å². The van der Waals surface area contributed by atoms with Crippen LogP contribution in [0.5, 0.6) is 0 Å². The van der Waals surface area contributed by atoms with Crippen LogP contribution in [0.15, 0.2) is 22.9 Å². The summed E-state index contributed by atoms with van der Waals surface area (Å²) in [5.74, 6) is 0.866. The van der Waals surface area contributed by atoms with Crippen molar-refractivity contribution in [2.24, 2.45) is 0 Å². The Balaban J connectivity index is 2.23. The summed E-state index contributed by atoms with van der Waals surface area (Å²) < 4.78 is 4.88. The molecule has 2 heterocycles. The Labute approximate surface area is 98.8 Å². The zero-order valence-electron chi connectivity index (χ0n) is 9.94. The third-order valence-corrected chi connectivity index (χ3v) is 2.57. The second-order valence-electron chi connectivity index (χ2n) is 3.85. The van der Waals surface area contributed by atoms with Crippen molar-refractivity contribution in [2.75, 3.05) is 5.32 Å². The van der Waals surface area contributed by atoms with E-state index < -0.39 is 0 Å². The minimum atomic E-state index is -0.207. The molecule has 2 aromatic heterocycles. The summed E-state index contributed by atoms with van der Waals surface area (Å²) in [4.78, 5) is 16.1. The van der Waals surface area contributed by atoms with Gasteiger partial charge in [0, 0.05) is 23.5 Å². The molecule has 0 radical (unpaired) electrons. The highest BCUT2D eigenvalue weighted by atomic mass is 16.5. The van der Waals surface area contributed by atoms with Crippen LogP contribution in [0.25, 0.3) is 0 Å². The number of anilines is 1. The molecule has 17 heavy (non-hydrogen) atoms. The van der Waals surface area contributed by atoms with Crippen LogP contribution in [0.4, 0.5) is 5.82 Å². The molecule has 0 unspecified atom stereocenters. The van der Waals surface area contributed by atoms with Crippen molar-refractivity contribution >= 4 is 11.7 Å². The summed E-state index contributed by atoms with van der Waals surface area (Å²) in [7, 11) is 0. The van der Waals surface area contributed by atoms with Crippen molar-refractivity contribution in [1.29, 1.82) is 0 Å². The zero-order valence-corrected chi connectivity index (χ0v) is 9.94. The molecule has 88 valence electrons. The van der Waals surface area contributed by atoms with E-state index in [1.807, 2.05) is 13.8 Å². The van der Waals surface area contributed by atoms with Crippen molar-refractivity contribution in [3.05, 3.63) is 40.9 Å². The van der Waals surface area contributed by atoms with Gasteiger partial charge in [-0.1, -0.05) is 5.16 Å². The molecule has 5 nitrogen and oxygen atoms in total. The molecule has 0 bridgehead atoms. The highest BCUT2D eigenvalue weighted by molar-refractivity contribution is 6.04. The van der Waals surface area contributed by atoms with Crippen LogP contribution in [0.3, 0.4) is 0 Å². The molecule has 0 aliphatic rings. The predicted molar refractivity (Wildman–Crippen MR) is 62.9 cm³/mol. The van der Waals surface area contributed by atoms with Crippen molar-refractivity contribution in [3.8, 4) is 0 Å². The van der Waals surface area contributed by atoms with Crippen LogP contribution in [0.2, 0.25) is 0 Å². The molecule has 0 aliphatic carbocycles. The van der Waals surface area contributed by atoms with E-state index in [1.54, 1.807) is 25.3 Å². The lowest BCUT2D eigenvalue weighted by Gasteiger charge is -2.06. The summed E-state index contributed by atoms with van der Waals surface area (Å²) in [6.45, 7) is 5.50. The number of carbonyl (C=O) groups is 1. The van der Waals surface area contributed by atoms with Gasteiger partial charge in [-0.2, -0.15) is 0 Å². The smallest absolute Gasteiger partial charge is 0.257 e. The van der Waals surface area contributed by atoms with Gasteiger partial charge in [-0.25, -0.2) is 0 Å². The van der Waals surface area contributed by atoms with E-state index in [4.69, 9.17) is 4.52 Å². The summed E-state index contributed by atoms with van der Waals surface area (Å²) in [5.41, 5.74) is 2.30. The Morgan fingerprint density at radius 2 is 2.12 bits per heavy atom. The summed E-state index contributed by atoms with van der Waals surface area (Å²) >= 11 is 0. The Kier molecular flexibility index (Phi) is 2.91. The standard InChI is InChI=1S/C12H13N3O2/c1-7-6-11(15-17-7)14-12(16)10-4-5-13-9(3)8(10)2/h4-6H,1-3H3,(H,14,15,16). The molecule has 2 rings (SSSR count). The molecule has 0 aromatic carbocycles. The van der Waals surface area contributed by atoms with Gasteiger partial charge in [0.05, 0.1) is 0 Å². The Bertz CT molecular complexity index is 561. The number of hydrogen-bond acceptors (Lipinski definition) is 4. The number of aryl methyl sites for hydroxylation is 2. The van der Waals surface area contributed by atoms with Crippen LogP contribution >= 0.6 is 0 Å². The highest BCUT2D eigenvalue weighted by Crippen LogP contribution is 2.13. The third-order valence-electron chi connectivity index (χ3n) is 2.57. The van der Waals surface area contributed by atoms with Crippen molar-refractivity contribution in [2.45, 2.75) is 20.8 Å². The van der Waals surface area contributed by atoms with Crippen LogP contribution < -0.4 is 5.32 Å². The quantitative estimate of drug-likeness (QED) is 0.860. The van der Waals surface area contributed by atoms with E-state index in [9.17, 15) is 4.79 Å². The third kappa shape index (κ3) is 2.33. The van der Waals surface area contributed by atoms with E-state index in [0.29, 0.717) is 17.1 Å². The lowest BCUT2D eigenvalue weighted by atomic mass is 10.1. The van der Waals surface area contributed by atoms with E-state index in [1.165, 1.54) is 0 Å². The number of amides is 1. The first-order valence-corrected chi connectivity index (χ1v) is 5.25. The molecular formula is C12H13N3O2. The highest BCUT2D eigenvalue weighted by Gasteiger charge is 2.12. The minimum Gasteiger partial charge on any atom is -0.360 e. The summed E-state index contributed by atoms with van der Waals surface area (Å²) in [5, 5.41) is 6.39. The van der Waals surface area contributed by atoms with Gasteiger partial charge in [0.15, 0.2) is 5.82 Å². The first-order valence-electron chi connectivity index (χ1n) is 5.25. The fraction of sp³-hybridized carbons (Fsp3) is 0.250. The maximum absolute atomic E-state index is 12.0. The van der Waals surface area contributed by atoms with Crippen molar-refractivity contribution in [1.82, 2.24) is 10.1 Å². The fourth-order valence-electron chi connectivity index (χ4n) is 1.50. The Morgan fingerprint density at radius 1 is 1.35 bits per heavy atom. The Morgan fingerprint density at radius 3 is 2.76 bits per heavy atom. The van der Waals surface area contributed by atoms with Crippen LogP contribution in [-0.4, -0.2) is 16.0 Å². The zero-order chi connectivity index (χ0) is 12.4. The van der Waals surface area contributed by atoms with Crippen LogP contribution in [0, 0.1) is 20.8 Å². The number of hydrogen-bond donors (Lipinski definition) is 1. The van der Waals surface area contributed by atoms with Gasteiger partial charge in [0.25, 0.3) is 5.91 Å². The Hall–Kier alpha value is -2.17. The van der Waals surface area contributed by atoms with Gasteiger partial charge in [-0.3, -0.25) is 9.78 Å². The van der Waals surface area contributed by atoms with Crippen LogP contribution in [-0.2, 0) is 0 Å². The maximum Gasteiger partial charge on any atom is 0.257 e. The van der Waals surface area contributed by atoms with E-state index in [2.05, 4.69) is 15.5 Å². The average Bonchev–Trinajstić information content (AvgIpc) is 2.68. The van der Waals surface area contributed by atoms with Crippen molar-refractivity contribution < 1.29 is 9.32 Å². The van der Waals surface area contributed by atoms with Gasteiger partial charge in [-0.05, 0) is 32.4 Å². The fourth-order valence-corrected chi connectivity index (χ4v) is 1.50. The second kappa shape index (κ2) is 4.37. The molecule has 1 N–H and O–H groups in total. The largest absolute Gasteiger partial charge is 0.360 e. The van der Waals surface area contributed by atoms with Crippen LogP contribution in [0.1, 0.15) is 27.4 Å². The molecule has 5 heteroatoms. The van der Waals surface area contributed by atoms with Gasteiger partial charge < -0.3 is 9.84 Å². The number of aromatic nitrogens is 2. The number of rotatable bonds is 2.